The molecule has 0 fully saturated rings. The molecule has 0 aromatic carbocycles. The third-order valence-electron chi connectivity index (χ3n) is 2.43. The lowest BCUT2D eigenvalue weighted by Gasteiger charge is -2.34. The fraction of sp³-hybridized carbons (Fsp3) is 0.417. The topological polar surface area (TPSA) is 111 Å². The zero-order chi connectivity index (χ0) is 14.8. The predicted octanol–water partition coefficient (Wildman–Crippen LogP) is 0.406. The van der Waals surface area contributed by atoms with E-state index in [-0.39, 0.29) is 5.56 Å². The molecular weight excluding hydrogens is 252 g/mol. The van der Waals surface area contributed by atoms with Crippen LogP contribution in [-0.4, -0.2) is 44.1 Å². The minimum atomic E-state index is -1.16. The number of carboxylic acid groups (broad SMARTS) is 1. The highest BCUT2D eigenvalue weighted by Crippen LogP contribution is 2.17. The van der Waals surface area contributed by atoms with Gasteiger partial charge in [0.15, 0.2) is 5.88 Å². The monoisotopic (exact) mass is 268 g/mol. The highest BCUT2D eigenvalue weighted by Gasteiger charge is 2.29. The average Bonchev–Trinajstić information content (AvgIpc) is 2.21. The van der Waals surface area contributed by atoms with Crippen molar-refractivity contribution in [3.63, 3.8) is 0 Å². The van der Waals surface area contributed by atoms with Crippen LogP contribution in [0, 0.1) is 0 Å². The Hall–Kier alpha value is -2.31. The van der Waals surface area contributed by atoms with E-state index in [4.69, 9.17) is 5.11 Å². The van der Waals surface area contributed by atoms with Crippen LogP contribution in [0.25, 0.3) is 0 Å². The van der Waals surface area contributed by atoms with Gasteiger partial charge in [-0.1, -0.05) is 0 Å². The van der Waals surface area contributed by atoms with Gasteiger partial charge in [-0.3, -0.25) is 19.4 Å². The van der Waals surface area contributed by atoms with Gasteiger partial charge in [-0.25, -0.2) is 0 Å². The number of carbonyl (C=O) groups excluding carboxylic acids is 1. The number of aromatic nitrogens is 1. The Morgan fingerprint density at radius 1 is 1.32 bits per heavy atom. The molecule has 0 aliphatic carbocycles. The minimum Gasteiger partial charge on any atom is -0.494 e. The summed E-state index contributed by atoms with van der Waals surface area (Å²) in [5.74, 6) is -2.23. The average molecular weight is 268 g/mol. The molecule has 0 saturated heterocycles. The molecular formula is C12H16N2O5. The molecule has 0 spiro atoms. The first-order chi connectivity index (χ1) is 8.61. The van der Waals surface area contributed by atoms with Crippen molar-refractivity contribution in [2.24, 2.45) is 0 Å². The van der Waals surface area contributed by atoms with E-state index >= 15 is 0 Å². The van der Waals surface area contributed by atoms with E-state index in [1.807, 2.05) is 0 Å². The third-order valence-corrected chi connectivity index (χ3v) is 2.43. The molecule has 0 atom stereocenters. The summed E-state index contributed by atoms with van der Waals surface area (Å²) in [4.78, 5) is 37.5. The number of aromatic amines is 1. The quantitative estimate of drug-likeness (QED) is 0.735. The first-order valence-electron chi connectivity index (χ1n) is 5.58. The molecule has 0 radical (unpaired) electrons. The van der Waals surface area contributed by atoms with Crippen LogP contribution in [0.4, 0.5) is 0 Å². The highest BCUT2D eigenvalue weighted by molar-refractivity contribution is 5.96. The van der Waals surface area contributed by atoms with Gasteiger partial charge in [-0.15, -0.1) is 0 Å². The minimum absolute atomic E-state index is 0.0579. The van der Waals surface area contributed by atoms with Gasteiger partial charge in [0.1, 0.15) is 6.54 Å². The fourth-order valence-electron chi connectivity index (χ4n) is 1.56. The maximum atomic E-state index is 12.2. The molecule has 3 N–H and O–H groups in total. The zero-order valence-corrected chi connectivity index (χ0v) is 10.9. The maximum Gasteiger partial charge on any atom is 0.323 e. The number of hydrogen-bond donors (Lipinski definition) is 3. The summed E-state index contributed by atoms with van der Waals surface area (Å²) in [5.41, 5.74) is -1.42. The Balaban J connectivity index is 3.19. The second-order valence-corrected chi connectivity index (χ2v) is 5.07. The molecule has 0 aliphatic heterocycles. The molecule has 0 bridgehead atoms. The Morgan fingerprint density at radius 2 is 1.89 bits per heavy atom. The molecule has 1 heterocycles. The van der Waals surface area contributed by atoms with Gasteiger partial charge in [0.25, 0.3) is 11.5 Å². The highest BCUT2D eigenvalue weighted by atomic mass is 16.4. The van der Waals surface area contributed by atoms with Crippen LogP contribution in [0.15, 0.2) is 16.9 Å². The summed E-state index contributed by atoms with van der Waals surface area (Å²) in [6.07, 6.45) is 0. The Kier molecular flexibility index (Phi) is 3.98. The van der Waals surface area contributed by atoms with Crippen LogP contribution >= 0.6 is 0 Å². The van der Waals surface area contributed by atoms with Crippen molar-refractivity contribution < 1.29 is 19.8 Å². The van der Waals surface area contributed by atoms with E-state index in [9.17, 15) is 19.5 Å². The second kappa shape index (κ2) is 5.13. The third kappa shape index (κ3) is 3.84. The molecule has 0 saturated carbocycles. The number of amides is 1. The van der Waals surface area contributed by atoms with Crippen LogP contribution in [0.1, 0.15) is 31.1 Å². The number of carboxylic acids is 1. The van der Waals surface area contributed by atoms with Crippen molar-refractivity contribution in [2.75, 3.05) is 6.54 Å². The van der Waals surface area contributed by atoms with E-state index in [1.54, 1.807) is 20.8 Å². The molecule has 1 aromatic heterocycles. The number of pyridine rings is 1. The fourth-order valence-corrected chi connectivity index (χ4v) is 1.56. The molecule has 1 aromatic rings. The summed E-state index contributed by atoms with van der Waals surface area (Å²) in [7, 11) is 0. The van der Waals surface area contributed by atoms with Crippen molar-refractivity contribution in [3.8, 4) is 5.88 Å². The lowest BCUT2D eigenvalue weighted by atomic mass is 10.0. The van der Waals surface area contributed by atoms with E-state index in [0.29, 0.717) is 0 Å². The van der Waals surface area contributed by atoms with E-state index in [0.717, 1.165) is 17.0 Å². The van der Waals surface area contributed by atoms with Crippen LogP contribution in [0.2, 0.25) is 0 Å². The Bertz CT molecular complexity index is 556. The normalized spacial score (nSPS) is 11.1. The molecule has 1 rings (SSSR count). The smallest absolute Gasteiger partial charge is 0.323 e. The largest absolute Gasteiger partial charge is 0.494 e. The summed E-state index contributed by atoms with van der Waals surface area (Å²) in [6, 6.07) is 2.10. The van der Waals surface area contributed by atoms with Gasteiger partial charge in [0.05, 0.1) is 5.56 Å². The molecule has 7 nitrogen and oxygen atoms in total. The van der Waals surface area contributed by atoms with E-state index in [1.165, 1.54) is 0 Å². The van der Waals surface area contributed by atoms with Gasteiger partial charge in [0, 0.05) is 17.7 Å². The van der Waals surface area contributed by atoms with Crippen molar-refractivity contribution in [1.82, 2.24) is 9.88 Å². The van der Waals surface area contributed by atoms with Crippen LogP contribution in [0.5, 0.6) is 5.88 Å². The first kappa shape index (κ1) is 14.7. The van der Waals surface area contributed by atoms with Crippen LogP contribution in [0.3, 0.4) is 0 Å². The second-order valence-electron chi connectivity index (χ2n) is 5.07. The number of H-pyrrole nitrogens is 1. The molecule has 1 amide bonds. The van der Waals surface area contributed by atoms with E-state index < -0.39 is 35.4 Å². The first-order valence-corrected chi connectivity index (χ1v) is 5.58. The molecule has 0 unspecified atom stereocenters. The van der Waals surface area contributed by atoms with Crippen molar-refractivity contribution >= 4 is 11.9 Å². The van der Waals surface area contributed by atoms with Gasteiger partial charge < -0.3 is 15.1 Å². The van der Waals surface area contributed by atoms with Gasteiger partial charge in [-0.2, -0.15) is 0 Å². The van der Waals surface area contributed by atoms with Crippen molar-refractivity contribution in [3.05, 3.63) is 28.0 Å². The number of aliphatic carboxylic acids is 1. The summed E-state index contributed by atoms with van der Waals surface area (Å²) >= 11 is 0. The molecule has 7 heteroatoms. The lowest BCUT2D eigenvalue weighted by molar-refractivity contribution is -0.138. The molecule has 104 valence electrons. The van der Waals surface area contributed by atoms with E-state index in [2.05, 4.69) is 4.98 Å². The SMILES string of the molecule is CC(C)(C)N(CC(=O)O)C(=O)c1cc(O)[nH]c(=O)c1. The maximum absolute atomic E-state index is 12.2. The summed E-state index contributed by atoms with van der Waals surface area (Å²) in [5, 5.41) is 18.1. The lowest BCUT2D eigenvalue weighted by Crippen LogP contribution is -2.48. The molecule has 0 aliphatic rings. The van der Waals surface area contributed by atoms with Crippen LogP contribution in [-0.2, 0) is 4.79 Å². The van der Waals surface area contributed by atoms with Crippen molar-refractivity contribution in [1.29, 1.82) is 0 Å². The van der Waals surface area contributed by atoms with Crippen LogP contribution < -0.4 is 5.56 Å². The Labute approximate surface area is 109 Å². The van der Waals surface area contributed by atoms with Gasteiger partial charge >= 0.3 is 5.97 Å². The number of rotatable bonds is 3. The number of nitrogens with one attached hydrogen (secondary N) is 1. The number of hydrogen-bond acceptors (Lipinski definition) is 4. The summed E-state index contributed by atoms with van der Waals surface area (Å²) in [6.45, 7) is 4.55. The summed E-state index contributed by atoms with van der Waals surface area (Å²) < 4.78 is 0. The predicted molar refractivity (Wildman–Crippen MR) is 67.2 cm³/mol. The van der Waals surface area contributed by atoms with Crippen molar-refractivity contribution in [2.45, 2.75) is 26.3 Å². The molecule has 19 heavy (non-hydrogen) atoms. The number of nitrogens with zero attached hydrogens (tertiary/aromatic N) is 1. The zero-order valence-electron chi connectivity index (χ0n) is 10.9. The van der Waals surface area contributed by atoms with Gasteiger partial charge in [0.2, 0.25) is 0 Å². The number of aromatic hydroxyl groups is 1. The standard InChI is InChI=1S/C12H16N2O5/c1-12(2,3)14(6-10(17)18)11(19)7-4-8(15)13-9(16)5-7/h4-5H,6H2,1-3H3,(H,17,18)(H2,13,15,16). The Morgan fingerprint density at radius 3 is 2.32 bits per heavy atom. The number of carbonyl (C=O) groups is 2. The van der Waals surface area contributed by atoms with Gasteiger partial charge in [-0.05, 0) is 20.8 Å².